The highest BCUT2D eigenvalue weighted by Gasteiger charge is 2.47. The van der Waals surface area contributed by atoms with E-state index in [0.29, 0.717) is 6.92 Å². The summed E-state index contributed by atoms with van der Waals surface area (Å²) in [6.07, 6.45) is -7.82. The molecule has 0 saturated heterocycles. The van der Waals surface area contributed by atoms with Crippen LogP contribution >= 0.6 is 0 Å². The fourth-order valence-electron chi connectivity index (χ4n) is 0.389. The number of hydrogen-bond donors (Lipinski definition) is 1. The Balaban J connectivity index is 4.25. The van der Waals surface area contributed by atoms with E-state index in [-0.39, 0.29) is 0 Å². The first-order valence-corrected chi connectivity index (χ1v) is 2.65. The summed E-state index contributed by atoms with van der Waals surface area (Å²) in [7, 11) is 0. The van der Waals surface area contributed by atoms with Crippen LogP contribution in [0.1, 0.15) is 6.92 Å². The molecule has 0 bridgehead atoms. The second-order valence-corrected chi connectivity index (χ2v) is 2.01. The average Bonchev–Trinajstić information content (AvgIpc) is 1.82. The van der Waals surface area contributed by atoms with Crippen LogP contribution in [0, 0.1) is 10.1 Å². The van der Waals surface area contributed by atoms with Crippen molar-refractivity contribution in [3.8, 4) is 0 Å². The molecule has 0 unspecified atom stereocenters. The molecule has 2 atom stereocenters. The zero-order chi connectivity index (χ0) is 9.23. The molecule has 0 amide bonds. The number of nitro groups is 1. The van der Waals surface area contributed by atoms with Crippen molar-refractivity contribution in [1.29, 1.82) is 0 Å². The number of nitrogens with zero attached hydrogens (tertiary/aromatic N) is 1. The number of hydrogen-bond acceptors (Lipinski definition) is 3. The fraction of sp³-hybridized carbons (Fsp3) is 1.00. The molecule has 66 valence electrons. The third-order valence-corrected chi connectivity index (χ3v) is 1.12. The average molecular weight is 173 g/mol. The lowest BCUT2D eigenvalue weighted by Gasteiger charge is -2.14. The van der Waals surface area contributed by atoms with Crippen LogP contribution in [-0.2, 0) is 0 Å². The number of halogens is 3. The molecule has 0 saturated carbocycles. The van der Waals surface area contributed by atoms with Gasteiger partial charge in [-0.2, -0.15) is 13.2 Å². The predicted octanol–water partition coefficient (Wildman–Crippen LogP) is 0.575. The molecule has 4 nitrogen and oxygen atoms in total. The van der Waals surface area contributed by atoms with Crippen molar-refractivity contribution >= 4 is 0 Å². The fourth-order valence-corrected chi connectivity index (χ4v) is 0.389. The summed E-state index contributed by atoms with van der Waals surface area (Å²) < 4.78 is 34.5. The van der Waals surface area contributed by atoms with Crippen LogP contribution < -0.4 is 0 Å². The zero-order valence-electron chi connectivity index (χ0n) is 5.50. The number of alkyl halides is 3. The van der Waals surface area contributed by atoms with E-state index >= 15 is 0 Å². The third kappa shape index (κ3) is 2.71. The Labute approximate surface area is 59.8 Å². The van der Waals surface area contributed by atoms with Gasteiger partial charge >= 0.3 is 6.18 Å². The largest absolute Gasteiger partial charge is 0.421 e. The van der Waals surface area contributed by atoms with Gasteiger partial charge in [0, 0.05) is 11.8 Å². The Kier molecular flexibility index (Phi) is 2.80. The quantitative estimate of drug-likeness (QED) is 0.490. The Morgan fingerprint density at radius 3 is 2.00 bits per heavy atom. The topological polar surface area (TPSA) is 63.4 Å². The number of aliphatic hydroxyl groups is 1. The molecule has 0 fully saturated rings. The normalized spacial score (nSPS) is 17.5. The highest BCUT2D eigenvalue weighted by Crippen LogP contribution is 2.23. The summed E-state index contributed by atoms with van der Waals surface area (Å²) >= 11 is 0. The summed E-state index contributed by atoms with van der Waals surface area (Å²) in [6, 6.07) is -2.02. The van der Waals surface area contributed by atoms with Crippen LogP contribution in [0.4, 0.5) is 13.2 Å². The van der Waals surface area contributed by atoms with Crippen molar-refractivity contribution < 1.29 is 23.2 Å². The van der Waals surface area contributed by atoms with Gasteiger partial charge in [0.2, 0.25) is 12.1 Å². The number of aliphatic hydroxyl groups excluding tert-OH is 1. The summed E-state index contributed by atoms with van der Waals surface area (Å²) in [5.74, 6) is 0. The Bertz CT molecular complexity index is 157. The lowest BCUT2D eigenvalue weighted by atomic mass is 10.2. The smallest absolute Gasteiger partial charge is 0.378 e. The summed E-state index contributed by atoms with van der Waals surface area (Å²) in [5, 5.41) is 18.0. The Morgan fingerprint density at radius 1 is 1.55 bits per heavy atom. The maximum atomic E-state index is 11.5. The molecule has 0 aliphatic rings. The van der Waals surface area contributed by atoms with Crippen molar-refractivity contribution in [2.24, 2.45) is 0 Å². The van der Waals surface area contributed by atoms with Crippen LogP contribution in [-0.4, -0.2) is 28.4 Å². The second-order valence-electron chi connectivity index (χ2n) is 2.01. The van der Waals surface area contributed by atoms with E-state index in [9.17, 15) is 23.3 Å². The van der Waals surface area contributed by atoms with Crippen molar-refractivity contribution in [2.45, 2.75) is 25.2 Å². The van der Waals surface area contributed by atoms with E-state index in [1.807, 2.05) is 0 Å². The van der Waals surface area contributed by atoms with E-state index < -0.39 is 23.2 Å². The number of rotatable bonds is 2. The molecule has 7 heteroatoms. The van der Waals surface area contributed by atoms with Crippen molar-refractivity contribution in [2.75, 3.05) is 0 Å². The summed E-state index contributed by atoms with van der Waals surface area (Å²) in [6.45, 7) is 0.693. The molecule has 0 aromatic rings. The van der Waals surface area contributed by atoms with Crippen molar-refractivity contribution in [3.63, 3.8) is 0 Å². The first kappa shape index (κ1) is 10.2. The van der Waals surface area contributed by atoms with Gasteiger partial charge in [-0.15, -0.1) is 0 Å². The van der Waals surface area contributed by atoms with Gasteiger partial charge in [-0.05, 0) is 0 Å². The zero-order valence-corrected chi connectivity index (χ0v) is 5.50. The lowest BCUT2D eigenvalue weighted by molar-refractivity contribution is -0.539. The molecular weight excluding hydrogens is 167 g/mol. The maximum absolute atomic E-state index is 11.5. The highest BCUT2D eigenvalue weighted by atomic mass is 19.4. The molecule has 0 aromatic carbocycles. The van der Waals surface area contributed by atoms with Gasteiger partial charge in [0.25, 0.3) is 0 Å². The van der Waals surface area contributed by atoms with Gasteiger partial charge in [0.05, 0.1) is 0 Å². The molecule has 0 aromatic heterocycles. The predicted molar refractivity (Wildman–Crippen MR) is 28.5 cm³/mol. The lowest BCUT2D eigenvalue weighted by Crippen LogP contribution is -2.42. The molecule has 0 aliphatic carbocycles. The van der Waals surface area contributed by atoms with Gasteiger partial charge in [0.15, 0.2) is 0 Å². The van der Waals surface area contributed by atoms with Crippen LogP contribution in [0.5, 0.6) is 0 Å². The Hall–Kier alpha value is -0.850. The monoisotopic (exact) mass is 173 g/mol. The minimum atomic E-state index is -4.92. The second kappa shape index (κ2) is 3.04. The van der Waals surface area contributed by atoms with E-state index in [2.05, 4.69) is 0 Å². The van der Waals surface area contributed by atoms with Gasteiger partial charge in [-0.25, -0.2) is 0 Å². The molecule has 0 spiro atoms. The molecule has 0 aliphatic heterocycles. The SMILES string of the molecule is C[C@@H]([C@H](O)C(F)(F)F)[N+](=O)[O-]. The van der Waals surface area contributed by atoms with Crippen LogP contribution in [0.2, 0.25) is 0 Å². The molecule has 0 rings (SSSR count). The third-order valence-electron chi connectivity index (χ3n) is 1.12. The van der Waals surface area contributed by atoms with Crippen LogP contribution in [0.3, 0.4) is 0 Å². The Morgan fingerprint density at radius 2 is 1.91 bits per heavy atom. The van der Waals surface area contributed by atoms with E-state index in [1.165, 1.54) is 0 Å². The van der Waals surface area contributed by atoms with Crippen LogP contribution in [0.25, 0.3) is 0 Å². The first-order chi connectivity index (χ1) is 4.76. The summed E-state index contributed by atoms with van der Waals surface area (Å²) in [4.78, 5) is 8.55. The molecule has 0 heterocycles. The maximum Gasteiger partial charge on any atom is 0.421 e. The van der Waals surface area contributed by atoms with E-state index in [1.54, 1.807) is 0 Å². The van der Waals surface area contributed by atoms with E-state index in [4.69, 9.17) is 5.11 Å². The summed E-state index contributed by atoms with van der Waals surface area (Å²) in [5.41, 5.74) is 0. The van der Waals surface area contributed by atoms with Gasteiger partial charge in [-0.3, -0.25) is 10.1 Å². The van der Waals surface area contributed by atoms with Crippen molar-refractivity contribution in [3.05, 3.63) is 10.1 Å². The van der Waals surface area contributed by atoms with Gasteiger partial charge in [-0.1, -0.05) is 0 Å². The van der Waals surface area contributed by atoms with Gasteiger partial charge in [0.1, 0.15) is 0 Å². The van der Waals surface area contributed by atoms with E-state index in [0.717, 1.165) is 0 Å². The minimum Gasteiger partial charge on any atom is -0.378 e. The van der Waals surface area contributed by atoms with Crippen LogP contribution in [0.15, 0.2) is 0 Å². The highest BCUT2D eigenvalue weighted by molar-refractivity contribution is 4.70. The minimum absolute atomic E-state index is 0.693. The first-order valence-electron chi connectivity index (χ1n) is 2.65. The molecule has 1 N–H and O–H groups in total. The molecule has 11 heavy (non-hydrogen) atoms. The van der Waals surface area contributed by atoms with Gasteiger partial charge < -0.3 is 5.11 Å². The van der Waals surface area contributed by atoms with Crippen molar-refractivity contribution in [1.82, 2.24) is 0 Å². The standard InChI is InChI=1S/C4H6F3NO3/c1-2(8(10)11)3(9)4(5,6)7/h2-3,9H,1H3/t2-,3-/m0/s1. The molecular formula is C4H6F3NO3. The molecule has 0 radical (unpaired) electrons.